The standard InChI is InChI=1S/C19H27N3O3/c1-15-13-22(14-17(25-15)16-7-3-2-4-8-16)19(24)20-10-9-18(23)21-11-5-6-12-21/h2-4,7-8,15,17H,5-6,9-14H2,1H3,(H,20,24). The van der Waals surface area contributed by atoms with Gasteiger partial charge in [-0.25, -0.2) is 4.79 Å². The van der Waals surface area contributed by atoms with Crippen molar-refractivity contribution in [2.45, 2.75) is 38.4 Å². The van der Waals surface area contributed by atoms with Crippen molar-refractivity contribution < 1.29 is 14.3 Å². The highest BCUT2D eigenvalue weighted by Crippen LogP contribution is 2.24. The van der Waals surface area contributed by atoms with Crippen molar-refractivity contribution in [3.05, 3.63) is 35.9 Å². The van der Waals surface area contributed by atoms with Crippen molar-refractivity contribution in [1.29, 1.82) is 0 Å². The average Bonchev–Trinajstić information content (AvgIpc) is 3.16. The number of morpholine rings is 1. The topological polar surface area (TPSA) is 61.9 Å². The molecule has 2 saturated heterocycles. The Bertz CT molecular complexity index is 587. The molecule has 2 unspecified atom stereocenters. The van der Waals surface area contributed by atoms with Crippen LogP contribution in [0.4, 0.5) is 4.79 Å². The van der Waals surface area contributed by atoms with Crippen molar-refractivity contribution in [2.75, 3.05) is 32.7 Å². The molecular formula is C19H27N3O3. The Hall–Kier alpha value is -2.08. The molecule has 0 bridgehead atoms. The van der Waals surface area contributed by atoms with Crippen LogP contribution in [0.25, 0.3) is 0 Å². The molecule has 2 fully saturated rings. The highest BCUT2D eigenvalue weighted by atomic mass is 16.5. The van der Waals surface area contributed by atoms with Crippen molar-refractivity contribution in [2.24, 2.45) is 0 Å². The Balaban J connectivity index is 1.48. The van der Waals surface area contributed by atoms with E-state index in [1.54, 1.807) is 4.90 Å². The number of nitrogens with zero attached hydrogens (tertiary/aromatic N) is 2. The minimum Gasteiger partial charge on any atom is -0.367 e. The van der Waals surface area contributed by atoms with Crippen LogP contribution in [0.3, 0.4) is 0 Å². The number of urea groups is 1. The number of hydrogen-bond acceptors (Lipinski definition) is 3. The molecule has 2 aliphatic heterocycles. The molecule has 0 spiro atoms. The molecule has 6 heteroatoms. The smallest absolute Gasteiger partial charge is 0.317 e. The van der Waals surface area contributed by atoms with Gasteiger partial charge in [0.1, 0.15) is 6.10 Å². The van der Waals surface area contributed by atoms with Crippen molar-refractivity contribution in [3.8, 4) is 0 Å². The van der Waals surface area contributed by atoms with Crippen LogP contribution in [-0.4, -0.2) is 60.6 Å². The van der Waals surface area contributed by atoms with Crippen LogP contribution in [0.15, 0.2) is 30.3 Å². The summed E-state index contributed by atoms with van der Waals surface area (Å²) in [5.74, 6) is 0.135. The van der Waals surface area contributed by atoms with Gasteiger partial charge in [0, 0.05) is 32.6 Å². The SMILES string of the molecule is CC1CN(C(=O)NCCC(=O)N2CCCC2)CC(c2ccccc2)O1. The second-order valence-corrected chi connectivity index (χ2v) is 6.82. The fourth-order valence-corrected chi connectivity index (χ4v) is 3.48. The maximum Gasteiger partial charge on any atom is 0.317 e. The van der Waals surface area contributed by atoms with Gasteiger partial charge >= 0.3 is 6.03 Å². The summed E-state index contributed by atoms with van der Waals surface area (Å²) in [6.07, 6.45) is 2.42. The molecule has 3 rings (SSSR count). The molecule has 25 heavy (non-hydrogen) atoms. The molecular weight excluding hydrogens is 318 g/mol. The molecule has 1 aromatic rings. The van der Waals surface area contributed by atoms with E-state index in [0.717, 1.165) is 31.5 Å². The summed E-state index contributed by atoms with van der Waals surface area (Å²) in [7, 11) is 0. The van der Waals surface area contributed by atoms with E-state index in [2.05, 4.69) is 5.32 Å². The van der Waals surface area contributed by atoms with Crippen LogP contribution < -0.4 is 5.32 Å². The molecule has 3 amide bonds. The van der Waals surface area contributed by atoms with Gasteiger partial charge in [-0.3, -0.25) is 4.79 Å². The molecule has 0 saturated carbocycles. The zero-order valence-electron chi connectivity index (χ0n) is 14.8. The summed E-state index contributed by atoms with van der Waals surface area (Å²) in [6.45, 7) is 5.16. The van der Waals surface area contributed by atoms with Crippen LogP contribution in [0.5, 0.6) is 0 Å². The highest BCUT2D eigenvalue weighted by Gasteiger charge is 2.29. The molecule has 2 heterocycles. The summed E-state index contributed by atoms with van der Waals surface area (Å²) in [6, 6.07) is 9.85. The van der Waals surface area contributed by atoms with E-state index in [4.69, 9.17) is 4.74 Å². The Morgan fingerprint density at radius 2 is 1.84 bits per heavy atom. The van der Waals surface area contributed by atoms with E-state index >= 15 is 0 Å². The van der Waals surface area contributed by atoms with Gasteiger partial charge in [0.25, 0.3) is 0 Å². The lowest BCUT2D eigenvalue weighted by atomic mass is 10.1. The lowest BCUT2D eigenvalue weighted by molar-refractivity contribution is -0.129. The first kappa shape index (κ1) is 17.7. The lowest BCUT2D eigenvalue weighted by Gasteiger charge is -2.37. The number of ether oxygens (including phenoxy) is 1. The van der Waals surface area contributed by atoms with Crippen LogP contribution in [0.1, 0.15) is 37.9 Å². The minimum atomic E-state index is -0.120. The second-order valence-electron chi connectivity index (χ2n) is 6.82. The van der Waals surface area contributed by atoms with Crippen LogP contribution in [0.2, 0.25) is 0 Å². The number of nitrogens with one attached hydrogen (secondary N) is 1. The summed E-state index contributed by atoms with van der Waals surface area (Å²) in [4.78, 5) is 28.2. The fraction of sp³-hybridized carbons (Fsp3) is 0.579. The lowest BCUT2D eigenvalue weighted by Crippen LogP contribution is -2.50. The largest absolute Gasteiger partial charge is 0.367 e. The summed E-state index contributed by atoms with van der Waals surface area (Å²) in [5, 5.41) is 2.88. The average molecular weight is 345 g/mol. The first-order chi connectivity index (χ1) is 12.1. The summed E-state index contributed by atoms with van der Waals surface area (Å²) in [5.41, 5.74) is 1.08. The van der Waals surface area contributed by atoms with Gasteiger partial charge in [-0.05, 0) is 25.3 Å². The molecule has 0 radical (unpaired) electrons. The van der Waals surface area contributed by atoms with E-state index in [0.29, 0.717) is 26.1 Å². The Labute approximate surface area is 149 Å². The fourth-order valence-electron chi connectivity index (χ4n) is 3.48. The predicted octanol–water partition coefficient (Wildman–Crippen LogP) is 2.17. The van der Waals surface area contributed by atoms with Gasteiger partial charge in [-0.2, -0.15) is 0 Å². The summed E-state index contributed by atoms with van der Waals surface area (Å²) < 4.78 is 5.98. The van der Waals surface area contributed by atoms with E-state index in [9.17, 15) is 9.59 Å². The van der Waals surface area contributed by atoms with Gasteiger partial charge < -0.3 is 19.9 Å². The van der Waals surface area contributed by atoms with E-state index in [1.165, 1.54) is 0 Å². The zero-order chi connectivity index (χ0) is 17.6. The van der Waals surface area contributed by atoms with Gasteiger partial charge in [0.05, 0.1) is 12.6 Å². The molecule has 1 aromatic carbocycles. The van der Waals surface area contributed by atoms with Gasteiger partial charge in [0.15, 0.2) is 0 Å². The number of benzene rings is 1. The number of carbonyl (C=O) groups excluding carboxylic acids is 2. The predicted molar refractivity (Wildman–Crippen MR) is 95.1 cm³/mol. The van der Waals surface area contributed by atoms with E-state index < -0.39 is 0 Å². The molecule has 0 aliphatic carbocycles. The molecule has 6 nitrogen and oxygen atoms in total. The first-order valence-corrected chi connectivity index (χ1v) is 9.14. The molecule has 2 aliphatic rings. The Morgan fingerprint density at radius 3 is 2.56 bits per heavy atom. The molecule has 2 atom stereocenters. The first-order valence-electron chi connectivity index (χ1n) is 9.14. The quantitative estimate of drug-likeness (QED) is 0.910. The molecule has 1 N–H and O–H groups in total. The monoisotopic (exact) mass is 345 g/mol. The third-order valence-electron chi connectivity index (χ3n) is 4.79. The number of hydrogen-bond donors (Lipinski definition) is 1. The molecule has 136 valence electrons. The normalized spacial score (nSPS) is 23.6. The highest BCUT2D eigenvalue weighted by molar-refractivity contribution is 5.78. The Morgan fingerprint density at radius 1 is 1.12 bits per heavy atom. The van der Waals surface area contributed by atoms with Crippen molar-refractivity contribution >= 4 is 11.9 Å². The maximum atomic E-state index is 12.5. The third-order valence-corrected chi connectivity index (χ3v) is 4.79. The van der Waals surface area contributed by atoms with Crippen molar-refractivity contribution in [3.63, 3.8) is 0 Å². The summed E-state index contributed by atoms with van der Waals surface area (Å²) >= 11 is 0. The molecule has 0 aromatic heterocycles. The van der Waals surface area contributed by atoms with Crippen molar-refractivity contribution in [1.82, 2.24) is 15.1 Å². The number of rotatable bonds is 4. The van der Waals surface area contributed by atoms with Gasteiger partial charge in [-0.1, -0.05) is 30.3 Å². The van der Waals surface area contributed by atoms with E-state index in [1.807, 2.05) is 42.2 Å². The van der Waals surface area contributed by atoms with E-state index in [-0.39, 0.29) is 24.1 Å². The minimum absolute atomic E-state index is 0.0176. The third kappa shape index (κ3) is 4.72. The van der Waals surface area contributed by atoms with Crippen LogP contribution in [0, 0.1) is 0 Å². The van der Waals surface area contributed by atoms with Crippen LogP contribution in [-0.2, 0) is 9.53 Å². The maximum absolute atomic E-state index is 12.5. The second kappa shape index (κ2) is 8.34. The van der Waals surface area contributed by atoms with Gasteiger partial charge in [0.2, 0.25) is 5.91 Å². The van der Waals surface area contributed by atoms with Gasteiger partial charge in [-0.15, -0.1) is 0 Å². The van der Waals surface area contributed by atoms with Crippen LogP contribution >= 0.6 is 0 Å². The zero-order valence-corrected chi connectivity index (χ0v) is 14.8. The number of carbonyl (C=O) groups is 2. The Kier molecular flexibility index (Phi) is 5.91. The number of likely N-dealkylation sites (tertiary alicyclic amines) is 1. The number of amides is 3.